The molecule has 0 spiro atoms. The molecule has 0 aromatic carbocycles. The van der Waals surface area contributed by atoms with Crippen molar-refractivity contribution in [1.29, 1.82) is 0 Å². The summed E-state index contributed by atoms with van der Waals surface area (Å²) in [5, 5.41) is 11.2. The summed E-state index contributed by atoms with van der Waals surface area (Å²) in [6, 6.07) is 9.05. The second kappa shape index (κ2) is 8.93. The van der Waals surface area contributed by atoms with Crippen LogP contribution in [-0.2, 0) is 11.3 Å². The fraction of sp³-hybridized carbons (Fsp3) is 0.389. The first kappa shape index (κ1) is 18.6. The van der Waals surface area contributed by atoms with Crippen molar-refractivity contribution in [3.8, 4) is 0 Å². The topological polar surface area (TPSA) is 101 Å². The minimum absolute atomic E-state index is 0.192. The zero-order valence-corrected chi connectivity index (χ0v) is 15.2. The molecule has 27 heavy (non-hydrogen) atoms. The standard InChI is InChI=1S/C18H22N6O3/c1-2-27-18(26)24-11-9-23(10-12-24)17(25)15-6-7-16(22-21-15)20-13-14-5-3-4-8-19-14/h3-8H,2,9-13H2,1H3,(H,20,22). The molecule has 0 unspecified atom stereocenters. The van der Waals surface area contributed by atoms with Crippen molar-refractivity contribution in [2.24, 2.45) is 0 Å². The van der Waals surface area contributed by atoms with Gasteiger partial charge < -0.3 is 19.9 Å². The summed E-state index contributed by atoms with van der Waals surface area (Å²) in [5.41, 5.74) is 1.17. The van der Waals surface area contributed by atoms with Gasteiger partial charge in [-0.05, 0) is 31.2 Å². The van der Waals surface area contributed by atoms with Gasteiger partial charge in [0, 0.05) is 32.4 Å². The van der Waals surface area contributed by atoms with Crippen LogP contribution in [-0.4, -0.2) is 69.8 Å². The lowest BCUT2D eigenvalue weighted by atomic mass is 10.2. The highest BCUT2D eigenvalue weighted by molar-refractivity contribution is 5.92. The minimum atomic E-state index is -0.340. The fourth-order valence-corrected chi connectivity index (χ4v) is 2.69. The average Bonchev–Trinajstić information content (AvgIpc) is 2.73. The second-order valence-electron chi connectivity index (χ2n) is 5.96. The molecule has 9 nitrogen and oxygen atoms in total. The van der Waals surface area contributed by atoms with Crippen LogP contribution in [0, 0.1) is 0 Å². The highest BCUT2D eigenvalue weighted by atomic mass is 16.6. The number of nitrogens with zero attached hydrogens (tertiary/aromatic N) is 5. The summed E-state index contributed by atoms with van der Waals surface area (Å²) in [4.78, 5) is 31.8. The highest BCUT2D eigenvalue weighted by Crippen LogP contribution is 2.10. The molecule has 1 fully saturated rings. The summed E-state index contributed by atoms with van der Waals surface area (Å²) in [6.07, 6.45) is 1.39. The third-order valence-corrected chi connectivity index (χ3v) is 4.15. The molecule has 3 heterocycles. The van der Waals surface area contributed by atoms with E-state index in [9.17, 15) is 9.59 Å². The molecule has 1 N–H and O–H groups in total. The van der Waals surface area contributed by atoms with E-state index in [1.807, 2.05) is 18.2 Å². The van der Waals surface area contributed by atoms with E-state index in [0.29, 0.717) is 45.1 Å². The van der Waals surface area contributed by atoms with Crippen LogP contribution in [0.2, 0.25) is 0 Å². The third kappa shape index (κ3) is 4.90. The Balaban J connectivity index is 1.51. The number of amides is 2. The smallest absolute Gasteiger partial charge is 0.409 e. The Morgan fingerprint density at radius 2 is 1.85 bits per heavy atom. The molecule has 0 bridgehead atoms. The number of ether oxygens (including phenoxy) is 1. The van der Waals surface area contributed by atoms with Gasteiger partial charge in [-0.15, -0.1) is 10.2 Å². The lowest BCUT2D eigenvalue weighted by Crippen LogP contribution is -2.50. The number of anilines is 1. The highest BCUT2D eigenvalue weighted by Gasteiger charge is 2.26. The maximum absolute atomic E-state index is 12.6. The van der Waals surface area contributed by atoms with Crippen LogP contribution >= 0.6 is 0 Å². The van der Waals surface area contributed by atoms with Crippen molar-refractivity contribution < 1.29 is 14.3 Å². The number of rotatable bonds is 5. The van der Waals surface area contributed by atoms with Crippen molar-refractivity contribution in [2.75, 3.05) is 38.1 Å². The Morgan fingerprint density at radius 1 is 1.07 bits per heavy atom. The van der Waals surface area contributed by atoms with Gasteiger partial charge in [-0.1, -0.05) is 6.07 Å². The maximum atomic E-state index is 12.6. The van der Waals surface area contributed by atoms with E-state index in [2.05, 4.69) is 20.5 Å². The molecule has 2 aromatic heterocycles. The summed E-state index contributed by atoms with van der Waals surface area (Å²) in [6.45, 7) is 4.42. The molecular formula is C18H22N6O3. The van der Waals surface area contributed by atoms with Crippen molar-refractivity contribution in [2.45, 2.75) is 13.5 Å². The Hall–Kier alpha value is -3.23. The number of hydrogen-bond donors (Lipinski definition) is 1. The monoisotopic (exact) mass is 370 g/mol. The number of nitrogens with one attached hydrogen (secondary N) is 1. The van der Waals surface area contributed by atoms with Crippen LogP contribution in [0.4, 0.5) is 10.6 Å². The van der Waals surface area contributed by atoms with Crippen LogP contribution in [0.5, 0.6) is 0 Å². The first-order valence-electron chi connectivity index (χ1n) is 8.86. The van der Waals surface area contributed by atoms with Crippen molar-refractivity contribution >= 4 is 17.8 Å². The van der Waals surface area contributed by atoms with Crippen LogP contribution in [0.15, 0.2) is 36.5 Å². The molecular weight excluding hydrogens is 348 g/mol. The van der Waals surface area contributed by atoms with E-state index in [4.69, 9.17) is 4.74 Å². The summed E-state index contributed by atoms with van der Waals surface area (Å²) >= 11 is 0. The SMILES string of the molecule is CCOC(=O)N1CCN(C(=O)c2ccc(NCc3ccccn3)nn2)CC1. The van der Waals surface area contributed by atoms with Crippen LogP contribution < -0.4 is 5.32 Å². The minimum Gasteiger partial charge on any atom is -0.450 e. The maximum Gasteiger partial charge on any atom is 0.409 e. The van der Waals surface area contributed by atoms with Gasteiger partial charge in [0.05, 0.1) is 18.8 Å². The van der Waals surface area contributed by atoms with Gasteiger partial charge in [-0.25, -0.2) is 4.79 Å². The molecule has 3 rings (SSSR count). The molecule has 1 saturated heterocycles. The third-order valence-electron chi connectivity index (χ3n) is 4.15. The second-order valence-corrected chi connectivity index (χ2v) is 5.96. The Labute approximate surface area is 157 Å². The average molecular weight is 370 g/mol. The summed E-state index contributed by atoms with van der Waals surface area (Å²) in [5.74, 6) is 0.381. The molecule has 1 aliphatic heterocycles. The quantitative estimate of drug-likeness (QED) is 0.849. The van der Waals surface area contributed by atoms with E-state index < -0.39 is 0 Å². The van der Waals surface area contributed by atoms with Crippen LogP contribution in [0.25, 0.3) is 0 Å². The number of piperazine rings is 1. The van der Waals surface area contributed by atoms with Gasteiger partial charge >= 0.3 is 6.09 Å². The van der Waals surface area contributed by atoms with E-state index in [-0.39, 0.29) is 17.7 Å². The lowest BCUT2D eigenvalue weighted by Gasteiger charge is -2.33. The van der Waals surface area contributed by atoms with Crippen LogP contribution in [0.3, 0.4) is 0 Å². The number of carbonyl (C=O) groups is 2. The molecule has 1 aliphatic rings. The molecule has 9 heteroatoms. The molecule has 142 valence electrons. The number of pyridine rings is 1. The first-order valence-corrected chi connectivity index (χ1v) is 8.86. The van der Waals surface area contributed by atoms with Crippen molar-refractivity contribution in [3.05, 3.63) is 47.9 Å². The molecule has 2 amide bonds. The zero-order valence-electron chi connectivity index (χ0n) is 15.2. The van der Waals surface area contributed by atoms with E-state index in [1.165, 1.54) is 0 Å². The molecule has 2 aromatic rings. The van der Waals surface area contributed by atoms with Gasteiger partial charge in [0.25, 0.3) is 5.91 Å². The van der Waals surface area contributed by atoms with Gasteiger partial charge in [0.15, 0.2) is 5.69 Å². The fourth-order valence-electron chi connectivity index (χ4n) is 2.69. The van der Waals surface area contributed by atoms with Crippen molar-refractivity contribution in [1.82, 2.24) is 25.0 Å². The number of aromatic nitrogens is 3. The Kier molecular flexibility index (Phi) is 6.14. The van der Waals surface area contributed by atoms with Gasteiger partial charge in [0.2, 0.25) is 0 Å². The first-order chi connectivity index (χ1) is 13.2. The van der Waals surface area contributed by atoms with Crippen molar-refractivity contribution in [3.63, 3.8) is 0 Å². The van der Waals surface area contributed by atoms with Gasteiger partial charge in [-0.2, -0.15) is 0 Å². The molecule has 0 saturated carbocycles. The predicted octanol–water partition coefficient (Wildman–Crippen LogP) is 1.40. The summed E-state index contributed by atoms with van der Waals surface area (Å²) < 4.78 is 4.98. The van der Waals surface area contributed by atoms with Crippen LogP contribution in [0.1, 0.15) is 23.1 Å². The Bertz CT molecular complexity index is 760. The largest absolute Gasteiger partial charge is 0.450 e. The van der Waals surface area contributed by atoms with Gasteiger partial charge in [-0.3, -0.25) is 9.78 Å². The number of carbonyl (C=O) groups excluding carboxylic acids is 2. The molecule has 0 atom stereocenters. The lowest BCUT2D eigenvalue weighted by molar-refractivity contribution is 0.0565. The summed E-state index contributed by atoms with van der Waals surface area (Å²) in [7, 11) is 0. The van der Waals surface area contributed by atoms with E-state index >= 15 is 0 Å². The molecule has 0 radical (unpaired) electrons. The normalized spacial score (nSPS) is 14.0. The van der Waals surface area contributed by atoms with E-state index in [1.54, 1.807) is 35.1 Å². The number of hydrogen-bond acceptors (Lipinski definition) is 7. The van der Waals surface area contributed by atoms with Gasteiger partial charge in [0.1, 0.15) is 5.82 Å². The predicted molar refractivity (Wildman–Crippen MR) is 98.1 cm³/mol. The van der Waals surface area contributed by atoms with E-state index in [0.717, 1.165) is 5.69 Å². The molecule has 0 aliphatic carbocycles. The zero-order chi connectivity index (χ0) is 19.1. The Morgan fingerprint density at radius 3 is 2.48 bits per heavy atom.